The van der Waals surface area contributed by atoms with Gasteiger partial charge in [-0.25, -0.2) is 4.39 Å². The highest BCUT2D eigenvalue weighted by Crippen LogP contribution is 2.28. The monoisotopic (exact) mass is 301 g/mol. The molecular formula is C10H9BrFN3S. The van der Waals surface area contributed by atoms with Gasteiger partial charge in [-0.05, 0) is 36.8 Å². The second kappa shape index (κ2) is 4.99. The molecule has 1 N–H and O–H groups in total. The molecule has 2 aromatic rings. The fraction of sp³-hybridized carbons (Fsp3) is 0.200. The summed E-state index contributed by atoms with van der Waals surface area (Å²) in [5.74, 6) is -0.292. The van der Waals surface area contributed by atoms with Gasteiger partial charge in [0.2, 0.25) is 0 Å². The van der Waals surface area contributed by atoms with Crippen LogP contribution in [0, 0.1) is 5.82 Å². The van der Waals surface area contributed by atoms with E-state index in [1.165, 1.54) is 17.6 Å². The van der Waals surface area contributed by atoms with Crippen LogP contribution in [0.1, 0.15) is 4.88 Å². The van der Waals surface area contributed by atoms with Crippen LogP contribution in [0.15, 0.2) is 22.7 Å². The molecule has 1 aromatic carbocycles. The van der Waals surface area contributed by atoms with Gasteiger partial charge in [-0.2, -0.15) is 0 Å². The van der Waals surface area contributed by atoms with Gasteiger partial charge in [0.15, 0.2) is 0 Å². The Bertz CT molecular complexity index is 501. The van der Waals surface area contributed by atoms with E-state index in [2.05, 4.69) is 30.8 Å². The van der Waals surface area contributed by atoms with Crippen LogP contribution in [-0.2, 0) is 6.54 Å². The van der Waals surface area contributed by atoms with Gasteiger partial charge in [0.05, 0.1) is 4.88 Å². The average molecular weight is 302 g/mol. The van der Waals surface area contributed by atoms with Crippen LogP contribution in [-0.4, -0.2) is 16.6 Å². The minimum Gasteiger partial charge on any atom is -0.315 e. The van der Waals surface area contributed by atoms with E-state index in [0.717, 1.165) is 4.88 Å². The van der Waals surface area contributed by atoms with Crippen LogP contribution < -0.4 is 5.32 Å². The van der Waals surface area contributed by atoms with Crippen molar-refractivity contribution in [1.29, 1.82) is 0 Å². The minimum atomic E-state index is -0.292. The molecular weight excluding hydrogens is 293 g/mol. The molecule has 0 fully saturated rings. The highest BCUT2D eigenvalue weighted by Gasteiger charge is 2.13. The molecule has 0 saturated carbocycles. The maximum absolute atomic E-state index is 13.7. The molecule has 0 unspecified atom stereocenters. The third-order valence-electron chi connectivity index (χ3n) is 2.08. The Labute approximate surface area is 105 Å². The van der Waals surface area contributed by atoms with Crippen molar-refractivity contribution >= 4 is 27.5 Å². The Kier molecular flexibility index (Phi) is 3.63. The van der Waals surface area contributed by atoms with E-state index in [9.17, 15) is 4.39 Å². The van der Waals surface area contributed by atoms with Crippen LogP contribution in [0.4, 0.5) is 4.39 Å². The molecule has 0 atom stereocenters. The van der Waals surface area contributed by atoms with E-state index >= 15 is 0 Å². The SMILES string of the molecule is CNCc1snnc1-c1ccc(Br)cc1F. The number of benzene rings is 1. The van der Waals surface area contributed by atoms with E-state index in [1.807, 2.05) is 7.05 Å². The first-order chi connectivity index (χ1) is 7.72. The number of halogens is 2. The maximum atomic E-state index is 13.7. The summed E-state index contributed by atoms with van der Waals surface area (Å²) < 4.78 is 18.3. The molecule has 1 heterocycles. The lowest BCUT2D eigenvalue weighted by Gasteiger charge is -2.02. The summed E-state index contributed by atoms with van der Waals surface area (Å²) in [5.41, 5.74) is 1.10. The lowest BCUT2D eigenvalue weighted by Crippen LogP contribution is -2.04. The average Bonchev–Trinajstić information content (AvgIpc) is 2.67. The van der Waals surface area contributed by atoms with Crippen molar-refractivity contribution in [3.63, 3.8) is 0 Å². The van der Waals surface area contributed by atoms with Gasteiger partial charge in [-0.1, -0.05) is 20.4 Å². The second-order valence-electron chi connectivity index (χ2n) is 3.20. The van der Waals surface area contributed by atoms with Gasteiger partial charge in [-0.3, -0.25) is 0 Å². The highest BCUT2D eigenvalue weighted by molar-refractivity contribution is 9.10. The zero-order valence-corrected chi connectivity index (χ0v) is 10.9. The van der Waals surface area contributed by atoms with E-state index < -0.39 is 0 Å². The van der Waals surface area contributed by atoms with E-state index in [-0.39, 0.29) is 5.82 Å². The molecule has 1 aromatic heterocycles. The van der Waals surface area contributed by atoms with Crippen molar-refractivity contribution < 1.29 is 4.39 Å². The summed E-state index contributed by atoms with van der Waals surface area (Å²) in [7, 11) is 1.83. The van der Waals surface area contributed by atoms with Crippen LogP contribution in [0.5, 0.6) is 0 Å². The molecule has 0 aliphatic carbocycles. The molecule has 6 heteroatoms. The van der Waals surface area contributed by atoms with E-state index in [0.29, 0.717) is 22.3 Å². The number of hydrogen-bond donors (Lipinski definition) is 1. The summed E-state index contributed by atoms with van der Waals surface area (Å²) in [6, 6.07) is 4.92. The molecule has 0 spiro atoms. The molecule has 3 nitrogen and oxygen atoms in total. The number of rotatable bonds is 3. The molecule has 0 amide bonds. The largest absolute Gasteiger partial charge is 0.315 e. The first kappa shape index (κ1) is 11.6. The number of nitrogens with zero attached hydrogens (tertiary/aromatic N) is 2. The van der Waals surface area contributed by atoms with Gasteiger partial charge in [0.1, 0.15) is 11.5 Å². The zero-order chi connectivity index (χ0) is 11.5. The third-order valence-corrected chi connectivity index (χ3v) is 3.29. The minimum absolute atomic E-state index is 0.292. The van der Waals surface area contributed by atoms with Crippen LogP contribution in [0.25, 0.3) is 11.3 Å². The molecule has 16 heavy (non-hydrogen) atoms. The Hall–Kier alpha value is -0.850. The first-order valence-electron chi connectivity index (χ1n) is 4.63. The zero-order valence-electron chi connectivity index (χ0n) is 8.50. The molecule has 0 saturated heterocycles. The Morgan fingerprint density at radius 2 is 2.31 bits per heavy atom. The second-order valence-corrected chi connectivity index (χ2v) is 4.95. The predicted octanol–water partition coefficient (Wildman–Crippen LogP) is 2.83. The number of hydrogen-bond acceptors (Lipinski definition) is 4. The molecule has 0 aliphatic heterocycles. The number of aromatic nitrogens is 2. The molecule has 84 valence electrons. The van der Waals surface area contributed by atoms with Crippen molar-refractivity contribution in [2.75, 3.05) is 7.05 Å². The smallest absolute Gasteiger partial charge is 0.133 e. The van der Waals surface area contributed by atoms with Crippen molar-refractivity contribution in [2.45, 2.75) is 6.54 Å². The fourth-order valence-corrected chi connectivity index (χ4v) is 2.37. The highest BCUT2D eigenvalue weighted by atomic mass is 79.9. The van der Waals surface area contributed by atoms with Gasteiger partial charge < -0.3 is 5.32 Å². The summed E-state index contributed by atoms with van der Waals surface area (Å²) in [4.78, 5) is 0.934. The van der Waals surface area contributed by atoms with E-state index in [4.69, 9.17) is 0 Å². The first-order valence-corrected chi connectivity index (χ1v) is 6.20. The van der Waals surface area contributed by atoms with Gasteiger partial charge in [0, 0.05) is 16.6 Å². The van der Waals surface area contributed by atoms with Gasteiger partial charge in [0.25, 0.3) is 0 Å². The van der Waals surface area contributed by atoms with Crippen molar-refractivity contribution in [2.24, 2.45) is 0 Å². The Balaban J connectivity index is 2.46. The molecule has 0 radical (unpaired) electrons. The Morgan fingerprint density at radius 3 is 3.00 bits per heavy atom. The van der Waals surface area contributed by atoms with Crippen molar-refractivity contribution in [3.8, 4) is 11.3 Å². The maximum Gasteiger partial charge on any atom is 0.133 e. The lowest BCUT2D eigenvalue weighted by molar-refractivity contribution is 0.629. The van der Waals surface area contributed by atoms with Crippen molar-refractivity contribution in [3.05, 3.63) is 33.4 Å². The quantitative estimate of drug-likeness (QED) is 0.947. The van der Waals surface area contributed by atoms with E-state index in [1.54, 1.807) is 12.1 Å². The predicted molar refractivity (Wildman–Crippen MR) is 65.8 cm³/mol. The third kappa shape index (κ3) is 2.28. The summed E-state index contributed by atoms with van der Waals surface area (Å²) in [5, 5.41) is 6.98. The normalized spacial score (nSPS) is 10.7. The van der Waals surface area contributed by atoms with Gasteiger partial charge in [-0.15, -0.1) is 5.10 Å². The van der Waals surface area contributed by atoms with Crippen molar-refractivity contribution in [1.82, 2.24) is 14.9 Å². The standard InChI is InChI=1S/C10H9BrFN3S/c1-13-5-9-10(14-15-16-9)7-3-2-6(11)4-8(7)12/h2-4,13H,5H2,1H3. The summed E-state index contributed by atoms with van der Waals surface area (Å²) in [6.45, 7) is 0.641. The topological polar surface area (TPSA) is 37.8 Å². The number of nitrogens with one attached hydrogen (secondary N) is 1. The van der Waals surface area contributed by atoms with Crippen LogP contribution in [0.3, 0.4) is 0 Å². The van der Waals surface area contributed by atoms with Crippen LogP contribution >= 0.6 is 27.5 Å². The molecule has 0 aliphatic rings. The lowest BCUT2D eigenvalue weighted by atomic mass is 10.1. The molecule has 0 bridgehead atoms. The molecule has 2 rings (SSSR count). The Morgan fingerprint density at radius 1 is 1.50 bits per heavy atom. The summed E-state index contributed by atoms with van der Waals surface area (Å²) >= 11 is 4.50. The summed E-state index contributed by atoms with van der Waals surface area (Å²) in [6.07, 6.45) is 0. The van der Waals surface area contributed by atoms with Gasteiger partial charge >= 0.3 is 0 Å². The van der Waals surface area contributed by atoms with Crippen LogP contribution in [0.2, 0.25) is 0 Å². The fourth-order valence-electron chi connectivity index (χ4n) is 1.37.